The standard InChI is InChI=1S/C17H27F2N/c1-5-7-12(3)9-17(20-8-6-2)14-10-13(4)15(18)11-16(14)19/h10-12,17,20H,5-9H2,1-4H3. The fraction of sp³-hybridized carbons (Fsp3) is 0.647. The van der Waals surface area contributed by atoms with Crippen molar-refractivity contribution >= 4 is 0 Å². The second-order valence-corrected chi connectivity index (χ2v) is 5.76. The van der Waals surface area contributed by atoms with E-state index in [4.69, 9.17) is 0 Å². The molecule has 0 aliphatic rings. The van der Waals surface area contributed by atoms with E-state index in [2.05, 4.69) is 26.1 Å². The molecule has 0 aromatic heterocycles. The summed E-state index contributed by atoms with van der Waals surface area (Å²) in [6, 6.07) is 2.63. The maximum atomic E-state index is 14.1. The Labute approximate surface area is 121 Å². The van der Waals surface area contributed by atoms with E-state index in [1.54, 1.807) is 13.0 Å². The number of benzene rings is 1. The van der Waals surface area contributed by atoms with Gasteiger partial charge in [0.15, 0.2) is 0 Å². The van der Waals surface area contributed by atoms with E-state index in [0.29, 0.717) is 17.0 Å². The highest BCUT2D eigenvalue weighted by molar-refractivity contribution is 5.28. The number of halogens is 2. The number of rotatable bonds is 8. The van der Waals surface area contributed by atoms with Gasteiger partial charge < -0.3 is 5.32 Å². The molecule has 0 fully saturated rings. The van der Waals surface area contributed by atoms with Crippen LogP contribution in [0.3, 0.4) is 0 Å². The van der Waals surface area contributed by atoms with Gasteiger partial charge in [0.05, 0.1) is 0 Å². The van der Waals surface area contributed by atoms with Gasteiger partial charge in [0.2, 0.25) is 0 Å². The van der Waals surface area contributed by atoms with Crippen LogP contribution in [-0.2, 0) is 0 Å². The van der Waals surface area contributed by atoms with Gasteiger partial charge in [0, 0.05) is 17.7 Å². The van der Waals surface area contributed by atoms with E-state index in [-0.39, 0.29) is 6.04 Å². The highest BCUT2D eigenvalue weighted by atomic mass is 19.1. The smallest absolute Gasteiger partial charge is 0.130 e. The molecule has 0 bridgehead atoms. The monoisotopic (exact) mass is 283 g/mol. The molecule has 0 aliphatic heterocycles. The molecule has 0 saturated heterocycles. The van der Waals surface area contributed by atoms with Gasteiger partial charge in [-0.2, -0.15) is 0 Å². The summed E-state index contributed by atoms with van der Waals surface area (Å²) in [5, 5.41) is 3.40. The molecule has 0 spiro atoms. The lowest BCUT2D eigenvalue weighted by Crippen LogP contribution is -2.25. The van der Waals surface area contributed by atoms with Crippen molar-refractivity contribution in [3.63, 3.8) is 0 Å². The molecule has 114 valence electrons. The van der Waals surface area contributed by atoms with Crippen LogP contribution >= 0.6 is 0 Å². The predicted octanol–water partition coefficient (Wildman–Crippen LogP) is 5.14. The molecule has 1 rings (SSSR count). The van der Waals surface area contributed by atoms with Crippen molar-refractivity contribution in [1.29, 1.82) is 0 Å². The maximum Gasteiger partial charge on any atom is 0.130 e. The Morgan fingerprint density at radius 2 is 1.80 bits per heavy atom. The van der Waals surface area contributed by atoms with Gasteiger partial charge in [-0.1, -0.05) is 33.6 Å². The van der Waals surface area contributed by atoms with Crippen LogP contribution in [0, 0.1) is 24.5 Å². The van der Waals surface area contributed by atoms with Gasteiger partial charge >= 0.3 is 0 Å². The highest BCUT2D eigenvalue weighted by Crippen LogP contribution is 2.27. The molecule has 2 unspecified atom stereocenters. The summed E-state index contributed by atoms with van der Waals surface area (Å²) in [6.07, 6.45) is 4.15. The molecule has 0 aliphatic carbocycles. The average Bonchev–Trinajstić information content (AvgIpc) is 2.39. The third-order valence-electron chi connectivity index (χ3n) is 3.71. The van der Waals surface area contributed by atoms with Crippen molar-refractivity contribution in [3.05, 3.63) is 34.9 Å². The van der Waals surface area contributed by atoms with Gasteiger partial charge in [-0.05, 0) is 43.9 Å². The molecule has 2 atom stereocenters. The molecule has 3 heteroatoms. The van der Waals surface area contributed by atoms with Gasteiger partial charge in [-0.15, -0.1) is 0 Å². The zero-order valence-corrected chi connectivity index (χ0v) is 13.1. The molecule has 0 radical (unpaired) electrons. The molecular weight excluding hydrogens is 256 g/mol. The number of nitrogens with one attached hydrogen (secondary N) is 1. The van der Waals surface area contributed by atoms with Crippen molar-refractivity contribution in [1.82, 2.24) is 5.32 Å². The number of hydrogen-bond donors (Lipinski definition) is 1. The van der Waals surface area contributed by atoms with Crippen LogP contribution in [0.25, 0.3) is 0 Å². The summed E-state index contributed by atoms with van der Waals surface area (Å²) >= 11 is 0. The molecule has 1 nitrogen and oxygen atoms in total. The molecule has 0 saturated carbocycles. The van der Waals surface area contributed by atoms with E-state index in [9.17, 15) is 8.78 Å². The Morgan fingerprint density at radius 3 is 2.40 bits per heavy atom. The van der Waals surface area contributed by atoms with Gasteiger partial charge in [0.1, 0.15) is 11.6 Å². The van der Waals surface area contributed by atoms with Gasteiger partial charge in [0.25, 0.3) is 0 Å². The largest absolute Gasteiger partial charge is 0.310 e. The quantitative estimate of drug-likeness (QED) is 0.696. The number of hydrogen-bond acceptors (Lipinski definition) is 1. The molecule has 1 N–H and O–H groups in total. The summed E-state index contributed by atoms with van der Waals surface area (Å²) in [4.78, 5) is 0. The minimum Gasteiger partial charge on any atom is -0.310 e. The van der Waals surface area contributed by atoms with Crippen LogP contribution in [-0.4, -0.2) is 6.54 Å². The topological polar surface area (TPSA) is 12.0 Å². The van der Waals surface area contributed by atoms with E-state index >= 15 is 0 Å². The fourth-order valence-electron chi connectivity index (χ4n) is 2.60. The van der Waals surface area contributed by atoms with Gasteiger partial charge in [-0.3, -0.25) is 0 Å². The third-order valence-corrected chi connectivity index (χ3v) is 3.71. The molecule has 1 aromatic carbocycles. The first-order valence-electron chi connectivity index (χ1n) is 7.68. The maximum absolute atomic E-state index is 14.1. The van der Waals surface area contributed by atoms with Crippen molar-refractivity contribution in [2.45, 2.75) is 59.4 Å². The van der Waals surface area contributed by atoms with Crippen molar-refractivity contribution < 1.29 is 8.78 Å². The summed E-state index contributed by atoms with van der Waals surface area (Å²) in [5.41, 5.74) is 1.10. The zero-order valence-electron chi connectivity index (χ0n) is 13.1. The zero-order chi connectivity index (χ0) is 15.1. The van der Waals surface area contributed by atoms with Crippen molar-refractivity contribution in [2.24, 2.45) is 5.92 Å². The van der Waals surface area contributed by atoms with Crippen molar-refractivity contribution in [3.8, 4) is 0 Å². The predicted molar refractivity (Wildman–Crippen MR) is 80.8 cm³/mol. The first kappa shape index (κ1) is 17.1. The van der Waals surface area contributed by atoms with Crippen LogP contribution < -0.4 is 5.32 Å². The normalized spacial score (nSPS) is 14.3. The van der Waals surface area contributed by atoms with Crippen LogP contribution in [0.15, 0.2) is 12.1 Å². The van der Waals surface area contributed by atoms with Crippen LogP contribution in [0.4, 0.5) is 8.78 Å². The Morgan fingerprint density at radius 1 is 1.10 bits per heavy atom. The fourth-order valence-corrected chi connectivity index (χ4v) is 2.60. The first-order valence-corrected chi connectivity index (χ1v) is 7.68. The summed E-state index contributed by atoms with van der Waals surface area (Å²) in [6.45, 7) is 8.97. The number of aryl methyl sites for hydroxylation is 1. The lowest BCUT2D eigenvalue weighted by Gasteiger charge is -2.23. The molecule has 1 aromatic rings. The first-order chi connectivity index (χ1) is 9.49. The Hall–Kier alpha value is -0.960. The van der Waals surface area contributed by atoms with Gasteiger partial charge in [-0.25, -0.2) is 8.78 Å². The minimum absolute atomic E-state index is 0.0317. The van der Waals surface area contributed by atoms with E-state index < -0.39 is 11.6 Å². The van der Waals surface area contributed by atoms with Crippen LogP contribution in [0.2, 0.25) is 0 Å². The summed E-state index contributed by atoms with van der Waals surface area (Å²) < 4.78 is 27.5. The highest BCUT2D eigenvalue weighted by Gasteiger charge is 2.19. The van der Waals surface area contributed by atoms with Crippen molar-refractivity contribution in [2.75, 3.05) is 6.54 Å². The van der Waals surface area contributed by atoms with E-state index in [0.717, 1.165) is 38.3 Å². The lowest BCUT2D eigenvalue weighted by molar-refractivity contribution is 0.380. The van der Waals surface area contributed by atoms with Crippen LogP contribution in [0.5, 0.6) is 0 Å². The Bertz CT molecular complexity index is 418. The summed E-state index contributed by atoms with van der Waals surface area (Å²) in [5.74, 6) is -0.383. The molecule has 0 heterocycles. The molecule has 0 amide bonds. The summed E-state index contributed by atoms with van der Waals surface area (Å²) in [7, 11) is 0. The average molecular weight is 283 g/mol. The second-order valence-electron chi connectivity index (χ2n) is 5.76. The minimum atomic E-state index is -0.470. The SMILES string of the molecule is CCCNC(CC(C)CCC)c1cc(C)c(F)cc1F. The van der Waals surface area contributed by atoms with Crippen LogP contribution in [0.1, 0.15) is 63.6 Å². The van der Waals surface area contributed by atoms with E-state index in [1.807, 2.05) is 0 Å². The molecule has 20 heavy (non-hydrogen) atoms. The Balaban J connectivity index is 2.94. The lowest BCUT2D eigenvalue weighted by atomic mass is 9.91. The Kier molecular flexibility index (Phi) is 7.14. The van der Waals surface area contributed by atoms with E-state index in [1.165, 1.54) is 0 Å². The second kappa shape index (κ2) is 8.35. The third kappa shape index (κ3) is 4.86. The molecular formula is C17H27F2N.